The van der Waals surface area contributed by atoms with Crippen molar-refractivity contribution in [2.45, 2.75) is 45.8 Å². The Bertz CT molecular complexity index is 466. The highest BCUT2D eigenvalue weighted by Gasteiger charge is 2.33. The number of hydrogen-bond donors (Lipinski definition) is 0. The Hall–Kier alpha value is -1.40. The van der Waals surface area contributed by atoms with Crippen molar-refractivity contribution in [3.8, 4) is 0 Å². The van der Waals surface area contributed by atoms with E-state index >= 15 is 0 Å². The predicted octanol–water partition coefficient (Wildman–Crippen LogP) is 1.12. The molecule has 2 amide bonds. The number of amides is 2. The van der Waals surface area contributed by atoms with Gasteiger partial charge in [0.1, 0.15) is 6.10 Å². The normalized spacial score (nSPS) is 23.1. The molecule has 0 bridgehead atoms. The van der Waals surface area contributed by atoms with Crippen molar-refractivity contribution in [2.24, 2.45) is 0 Å². The molecule has 0 aromatic heterocycles. The summed E-state index contributed by atoms with van der Waals surface area (Å²) in [5.41, 5.74) is 0.990. The molecule has 0 radical (unpaired) electrons. The van der Waals surface area contributed by atoms with Crippen LogP contribution in [0.15, 0.2) is 12.2 Å². The van der Waals surface area contributed by atoms with Gasteiger partial charge < -0.3 is 14.5 Å². The molecule has 2 atom stereocenters. The van der Waals surface area contributed by atoms with Gasteiger partial charge in [-0.1, -0.05) is 12.2 Å². The molecule has 0 aromatic rings. The summed E-state index contributed by atoms with van der Waals surface area (Å²) < 4.78 is 5.49. The topological polar surface area (TPSA) is 53.1 Å². The summed E-state index contributed by atoms with van der Waals surface area (Å²) in [5, 5.41) is 0. The van der Waals surface area contributed by atoms with Crippen LogP contribution in [0.4, 0.5) is 0 Å². The lowest BCUT2D eigenvalue weighted by molar-refractivity contribution is -0.144. The lowest BCUT2D eigenvalue weighted by Crippen LogP contribution is -2.56. The van der Waals surface area contributed by atoms with E-state index in [1.807, 2.05) is 30.6 Å². The minimum Gasteiger partial charge on any atom is -0.368 e. The van der Waals surface area contributed by atoms with E-state index in [1.54, 1.807) is 0 Å². The standard InChI is InChI=1S/C18H31N3O3/c1-5-19(13-14(2)3)17(22)15(4)20-8-10-21(11-9-20)18(23)16-7-6-12-24-16/h15-16H,2,5-13H2,1,3-4H3. The minimum absolute atomic E-state index is 0.114. The van der Waals surface area contributed by atoms with E-state index in [9.17, 15) is 9.59 Å². The molecule has 24 heavy (non-hydrogen) atoms. The van der Waals surface area contributed by atoms with Gasteiger partial charge >= 0.3 is 0 Å². The maximum Gasteiger partial charge on any atom is 0.251 e. The van der Waals surface area contributed by atoms with Crippen LogP contribution < -0.4 is 0 Å². The Kier molecular flexibility index (Phi) is 6.80. The van der Waals surface area contributed by atoms with Crippen molar-refractivity contribution in [2.75, 3.05) is 45.9 Å². The number of likely N-dealkylation sites (N-methyl/N-ethyl adjacent to an activating group) is 1. The molecule has 2 saturated heterocycles. The smallest absolute Gasteiger partial charge is 0.251 e. The fourth-order valence-electron chi connectivity index (χ4n) is 3.40. The number of hydrogen-bond acceptors (Lipinski definition) is 4. The van der Waals surface area contributed by atoms with Crippen LogP contribution >= 0.6 is 0 Å². The summed E-state index contributed by atoms with van der Waals surface area (Å²) >= 11 is 0. The SMILES string of the molecule is C=C(C)CN(CC)C(=O)C(C)N1CCN(C(=O)C2CCCO2)CC1. The van der Waals surface area contributed by atoms with Gasteiger partial charge in [-0.05, 0) is 33.6 Å². The fraction of sp³-hybridized carbons (Fsp3) is 0.778. The van der Waals surface area contributed by atoms with Crippen molar-refractivity contribution in [3.63, 3.8) is 0 Å². The fourth-order valence-corrected chi connectivity index (χ4v) is 3.40. The quantitative estimate of drug-likeness (QED) is 0.682. The molecule has 0 spiro atoms. The summed E-state index contributed by atoms with van der Waals surface area (Å²) in [7, 11) is 0. The highest BCUT2D eigenvalue weighted by Crippen LogP contribution is 2.17. The summed E-state index contributed by atoms with van der Waals surface area (Å²) in [6.45, 7) is 14.6. The molecule has 2 rings (SSSR count). The molecule has 136 valence electrons. The van der Waals surface area contributed by atoms with E-state index < -0.39 is 0 Å². The van der Waals surface area contributed by atoms with E-state index in [1.165, 1.54) is 0 Å². The summed E-state index contributed by atoms with van der Waals surface area (Å²) in [5.74, 6) is 0.253. The van der Waals surface area contributed by atoms with Gasteiger partial charge in [0.25, 0.3) is 5.91 Å². The van der Waals surface area contributed by atoms with Crippen LogP contribution in [-0.2, 0) is 14.3 Å². The van der Waals surface area contributed by atoms with Crippen molar-refractivity contribution < 1.29 is 14.3 Å². The number of rotatable bonds is 6. The van der Waals surface area contributed by atoms with Crippen LogP contribution in [0.5, 0.6) is 0 Å². The van der Waals surface area contributed by atoms with Crippen LogP contribution in [0.2, 0.25) is 0 Å². The molecule has 2 aliphatic heterocycles. The Morgan fingerprint density at radius 1 is 1.29 bits per heavy atom. The van der Waals surface area contributed by atoms with E-state index in [4.69, 9.17) is 4.74 Å². The largest absolute Gasteiger partial charge is 0.368 e. The highest BCUT2D eigenvalue weighted by molar-refractivity contribution is 5.82. The Morgan fingerprint density at radius 3 is 2.46 bits per heavy atom. The van der Waals surface area contributed by atoms with Crippen LogP contribution in [0.25, 0.3) is 0 Å². The Morgan fingerprint density at radius 2 is 1.96 bits per heavy atom. The molecule has 6 heteroatoms. The minimum atomic E-state index is -0.248. The van der Waals surface area contributed by atoms with Gasteiger partial charge in [-0.15, -0.1) is 0 Å². The molecule has 0 saturated carbocycles. The number of piperazine rings is 1. The number of nitrogens with zero attached hydrogens (tertiary/aromatic N) is 3. The molecule has 2 aliphatic rings. The second-order valence-electron chi connectivity index (χ2n) is 6.85. The number of carbonyl (C=O) groups is 2. The zero-order valence-corrected chi connectivity index (χ0v) is 15.3. The molecule has 0 aromatic carbocycles. The maximum atomic E-state index is 12.7. The van der Waals surface area contributed by atoms with E-state index in [-0.39, 0.29) is 24.0 Å². The molecule has 2 heterocycles. The first-order valence-corrected chi connectivity index (χ1v) is 9.01. The molecular weight excluding hydrogens is 306 g/mol. The molecule has 0 aliphatic carbocycles. The summed E-state index contributed by atoms with van der Waals surface area (Å²) in [4.78, 5) is 31.0. The van der Waals surface area contributed by atoms with Crippen molar-refractivity contribution >= 4 is 11.8 Å². The highest BCUT2D eigenvalue weighted by atomic mass is 16.5. The maximum absolute atomic E-state index is 12.7. The van der Waals surface area contributed by atoms with Gasteiger partial charge in [0.05, 0.1) is 6.04 Å². The third-order valence-electron chi connectivity index (χ3n) is 4.89. The first kappa shape index (κ1) is 18.9. The lowest BCUT2D eigenvalue weighted by Gasteiger charge is -2.39. The predicted molar refractivity (Wildman–Crippen MR) is 93.7 cm³/mol. The van der Waals surface area contributed by atoms with E-state index in [2.05, 4.69) is 11.5 Å². The van der Waals surface area contributed by atoms with Gasteiger partial charge in [-0.25, -0.2) is 0 Å². The van der Waals surface area contributed by atoms with Gasteiger partial charge in [0.2, 0.25) is 5.91 Å². The molecular formula is C18H31N3O3. The summed E-state index contributed by atoms with van der Waals surface area (Å²) in [6, 6.07) is -0.163. The molecule has 6 nitrogen and oxygen atoms in total. The van der Waals surface area contributed by atoms with E-state index in [0.29, 0.717) is 32.8 Å². The number of carbonyl (C=O) groups excluding carboxylic acids is 2. The molecule has 2 unspecified atom stereocenters. The second-order valence-corrected chi connectivity index (χ2v) is 6.85. The zero-order valence-electron chi connectivity index (χ0n) is 15.3. The van der Waals surface area contributed by atoms with Crippen molar-refractivity contribution in [1.82, 2.24) is 14.7 Å². The first-order chi connectivity index (χ1) is 11.4. The van der Waals surface area contributed by atoms with Gasteiger partial charge in [-0.3, -0.25) is 14.5 Å². The van der Waals surface area contributed by atoms with Crippen molar-refractivity contribution in [1.29, 1.82) is 0 Å². The average molecular weight is 337 g/mol. The Labute approximate surface area is 145 Å². The summed E-state index contributed by atoms with van der Waals surface area (Å²) in [6.07, 6.45) is 1.55. The van der Waals surface area contributed by atoms with Crippen molar-refractivity contribution in [3.05, 3.63) is 12.2 Å². The second kappa shape index (κ2) is 8.62. The third-order valence-corrected chi connectivity index (χ3v) is 4.89. The van der Waals surface area contributed by atoms with Crippen LogP contribution in [0.3, 0.4) is 0 Å². The van der Waals surface area contributed by atoms with Crippen LogP contribution in [0.1, 0.15) is 33.6 Å². The number of ether oxygens (including phenoxy) is 1. The lowest BCUT2D eigenvalue weighted by atomic mass is 10.1. The molecule has 2 fully saturated rings. The van der Waals surface area contributed by atoms with Gasteiger partial charge in [-0.2, -0.15) is 0 Å². The van der Waals surface area contributed by atoms with Crippen LogP contribution in [0, 0.1) is 0 Å². The zero-order chi connectivity index (χ0) is 17.7. The van der Waals surface area contributed by atoms with E-state index in [0.717, 1.165) is 31.5 Å². The van der Waals surface area contributed by atoms with Gasteiger partial charge in [0.15, 0.2) is 0 Å². The van der Waals surface area contributed by atoms with Crippen LogP contribution in [-0.4, -0.2) is 84.5 Å². The molecule has 0 N–H and O–H groups in total. The monoisotopic (exact) mass is 337 g/mol. The first-order valence-electron chi connectivity index (χ1n) is 9.01. The van der Waals surface area contributed by atoms with Gasteiger partial charge in [0, 0.05) is 45.9 Å². The third kappa shape index (κ3) is 4.57. The average Bonchev–Trinajstić information content (AvgIpc) is 3.12. The Balaban J connectivity index is 1.85.